The van der Waals surface area contributed by atoms with Crippen LogP contribution in [0.5, 0.6) is 0 Å². The van der Waals surface area contributed by atoms with Gasteiger partial charge in [0.1, 0.15) is 11.3 Å². The van der Waals surface area contributed by atoms with Gasteiger partial charge in [0.05, 0.1) is 12.5 Å². The van der Waals surface area contributed by atoms with Crippen LogP contribution >= 0.6 is 0 Å². The maximum atomic E-state index is 5.29. The Labute approximate surface area is 92.5 Å². The van der Waals surface area contributed by atoms with Crippen LogP contribution in [0.4, 0.5) is 0 Å². The summed E-state index contributed by atoms with van der Waals surface area (Å²) in [4.78, 5) is 0. The van der Waals surface area contributed by atoms with E-state index in [-0.39, 0.29) is 0 Å². The number of furan rings is 1. The number of fused-ring (bicyclic) bond motifs is 1. The standard InChI is InChI=1S/C12H11N3O/c1-2-15-8-11(13-14-15)9-3-4-12-10(7-9)5-6-16-12/h3-8H,2H2,1H3. The third-order valence-electron chi connectivity index (χ3n) is 2.61. The van der Waals surface area contributed by atoms with Crippen molar-refractivity contribution in [2.24, 2.45) is 0 Å². The van der Waals surface area contributed by atoms with Crippen molar-refractivity contribution in [1.29, 1.82) is 0 Å². The van der Waals surface area contributed by atoms with Gasteiger partial charge in [-0.1, -0.05) is 5.21 Å². The molecule has 0 unspecified atom stereocenters. The van der Waals surface area contributed by atoms with Crippen molar-refractivity contribution < 1.29 is 4.42 Å². The molecular weight excluding hydrogens is 202 g/mol. The molecule has 0 aliphatic heterocycles. The number of benzene rings is 1. The molecular formula is C12H11N3O. The molecule has 0 fully saturated rings. The van der Waals surface area contributed by atoms with Crippen LogP contribution in [-0.4, -0.2) is 15.0 Å². The Morgan fingerprint density at radius 3 is 3.06 bits per heavy atom. The predicted octanol–water partition coefficient (Wildman–Crippen LogP) is 2.71. The summed E-state index contributed by atoms with van der Waals surface area (Å²) >= 11 is 0. The Hall–Kier alpha value is -2.10. The highest BCUT2D eigenvalue weighted by atomic mass is 16.3. The van der Waals surface area contributed by atoms with Crippen LogP contribution in [-0.2, 0) is 6.54 Å². The average Bonchev–Trinajstić information content (AvgIpc) is 2.96. The molecule has 0 radical (unpaired) electrons. The summed E-state index contributed by atoms with van der Waals surface area (Å²) in [5.41, 5.74) is 2.85. The molecule has 4 heteroatoms. The lowest BCUT2D eigenvalue weighted by Gasteiger charge is -1.95. The van der Waals surface area contributed by atoms with Gasteiger partial charge in [-0.25, -0.2) is 0 Å². The first-order chi connectivity index (χ1) is 7.86. The van der Waals surface area contributed by atoms with Crippen LogP contribution in [0.25, 0.3) is 22.2 Å². The van der Waals surface area contributed by atoms with Gasteiger partial charge < -0.3 is 4.42 Å². The first-order valence-corrected chi connectivity index (χ1v) is 5.24. The quantitative estimate of drug-likeness (QED) is 0.657. The smallest absolute Gasteiger partial charge is 0.133 e. The van der Waals surface area contributed by atoms with E-state index in [9.17, 15) is 0 Å². The number of rotatable bonds is 2. The van der Waals surface area contributed by atoms with E-state index in [1.54, 1.807) is 6.26 Å². The van der Waals surface area contributed by atoms with Gasteiger partial charge in [0.15, 0.2) is 0 Å². The minimum Gasteiger partial charge on any atom is -0.464 e. The number of hydrogen-bond acceptors (Lipinski definition) is 3. The lowest BCUT2D eigenvalue weighted by molar-refractivity contribution is 0.616. The molecule has 2 heterocycles. The highest BCUT2D eigenvalue weighted by Crippen LogP contribution is 2.23. The molecule has 0 spiro atoms. The zero-order chi connectivity index (χ0) is 11.0. The van der Waals surface area contributed by atoms with Gasteiger partial charge in [-0.2, -0.15) is 0 Å². The molecule has 0 saturated carbocycles. The Balaban J connectivity index is 2.10. The summed E-state index contributed by atoms with van der Waals surface area (Å²) in [5.74, 6) is 0. The van der Waals surface area contributed by atoms with Crippen LogP contribution in [0.2, 0.25) is 0 Å². The highest BCUT2D eigenvalue weighted by molar-refractivity contribution is 5.82. The fourth-order valence-corrected chi connectivity index (χ4v) is 1.71. The predicted molar refractivity (Wildman–Crippen MR) is 60.9 cm³/mol. The summed E-state index contributed by atoms with van der Waals surface area (Å²) in [6.45, 7) is 2.87. The number of hydrogen-bond donors (Lipinski definition) is 0. The molecule has 0 saturated heterocycles. The van der Waals surface area contributed by atoms with Crippen molar-refractivity contribution in [3.05, 3.63) is 36.7 Å². The SMILES string of the molecule is CCn1cc(-c2ccc3occc3c2)nn1. The third kappa shape index (κ3) is 1.39. The Kier molecular flexibility index (Phi) is 1.99. The van der Waals surface area contributed by atoms with Crippen molar-refractivity contribution in [2.75, 3.05) is 0 Å². The van der Waals surface area contributed by atoms with Crippen LogP contribution in [0.15, 0.2) is 41.1 Å². The first kappa shape index (κ1) is 9.15. The maximum Gasteiger partial charge on any atom is 0.133 e. The van der Waals surface area contributed by atoms with Crippen molar-refractivity contribution in [1.82, 2.24) is 15.0 Å². The average molecular weight is 213 g/mol. The third-order valence-corrected chi connectivity index (χ3v) is 2.61. The van der Waals surface area contributed by atoms with Crippen LogP contribution in [0.1, 0.15) is 6.92 Å². The van der Waals surface area contributed by atoms with Gasteiger partial charge in [-0.15, -0.1) is 5.10 Å². The molecule has 0 aliphatic rings. The molecule has 4 nitrogen and oxygen atoms in total. The fraction of sp³-hybridized carbons (Fsp3) is 0.167. The van der Waals surface area contributed by atoms with Gasteiger partial charge in [0.25, 0.3) is 0 Å². The lowest BCUT2D eigenvalue weighted by atomic mass is 10.1. The van der Waals surface area contributed by atoms with Gasteiger partial charge in [0.2, 0.25) is 0 Å². The van der Waals surface area contributed by atoms with Crippen molar-refractivity contribution in [3.63, 3.8) is 0 Å². The van der Waals surface area contributed by atoms with Gasteiger partial charge in [-0.3, -0.25) is 4.68 Å². The van der Waals surface area contributed by atoms with Gasteiger partial charge in [0, 0.05) is 17.5 Å². The van der Waals surface area contributed by atoms with E-state index in [0.29, 0.717) is 0 Å². The van der Waals surface area contributed by atoms with Crippen molar-refractivity contribution >= 4 is 11.0 Å². The molecule has 3 aromatic rings. The number of nitrogens with zero attached hydrogens (tertiary/aromatic N) is 3. The monoisotopic (exact) mass is 213 g/mol. The second-order valence-electron chi connectivity index (χ2n) is 3.63. The van der Waals surface area contributed by atoms with Crippen molar-refractivity contribution in [2.45, 2.75) is 13.5 Å². The highest BCUT2D eigenvalue weighted by Gasteiger charge is 2.05. The minimum absolute atomic E-state index is 0.834. The maximum absolute atomic E-state index is 5.29. The van der Waals surface area contributed by atoms with Crippen LogP contribution in [0.3, 0.4) is 0 Å². The second-order valence-corrected chi connectivity index (χ2v) is 3.63. The molecule has 16 heavy (non-hydrogen) atoms. The van der Waals surface area contributed by atoms with Crippen molar-refractivity contribution in [3.8, 4) is 11.3 Å². The Morgan fingerprint density at radius 1 is 1.31 bits per heavy atom. The Morgan fingerprint density at radius 2 is 2.25 bits per heavy atom. The molecule has 0 atom stereocenters. The molecule has 0 amide bonds. The van der Waals surface area contributed by atoms with E-state index in [1.807, 2.05) is 36.0 Å². The Bertz CT molecular complexity index is 624. The molecule has 80 valence electrons. The summed E-state index contributed by atoms with van der Waals surface area (Å²) in [6.07, 6.45) is 3.64. The molecule has 3 rings (SSSR count). The van der Waals surface area contributed by atoms with Gasteiger partial charge in [-0.05, 0) is 31.2 Å². The van der Waals surface area contributed by atoms with E-state index in [4.69, 9.17) is 4.42 Å². The molecule has 0 aliphatic carbocycles. The van der Waals surface area contributed by atoms with Gasteiger partial charge >= 0.3 is 0 Å². The summed E-state index contributed by atoms with van der Waals surface area (Å²) in [5, 5.41) is 9.24. The first-order valence-electron chi connectivity index (χ1n) is 5.24. The second kappa shape index (κ2) is 3.48. The molecule has 2 aromatic heterocycles. The zero-order valence-electron chi connectivity index (χ0n) is 8.92. The summed E-state index contributed by atoms with van der Waals surface area (Å²) < 4.78 is 7.11. The van der Waals surface area contributed by atoms with Crippen LogP contribution in [0, 0.1) is 0 Å². The molecule has 1 aromatic carbocycles. The molecule has 0 N–H and O–H groups in total. The van der Waals surface area contributed by atoms with Crippen LogP contribution < -0.4 is 0 Å². The summed E-state index contributed by atoms with van der Waals surface area (Å²) in [6, 6.07) is 7.96. The van der Waals surface area contributed by atoms with E-state index < -0.39 is 0 Å². The molecule has 0 bridgehead atoms. The number of aryl methyl sites for hydroxylation is 1. The lowest BCUT2D eigenvalue weighted by Crippen LogP contribution is -1.93. The topological polar surface area (TPSA) is 43.9 Å². The number of aromatic nitrogens is 3. The van der Waals surface area contributed by atoms with E-state index >= 15 is 0 Å². The van der Waals surface area contributed by atoms with E-state index in [1.165, 1.54) is 0 Å². The van der Waals surface area contributed by atoms with E-state index in [0.717, 1.165) is 28.8 Å². The zero-order valence-corrected chi connectivity index (χ0v) is 8.92. The fourth-order valence-electron chi connectivity index (χ4n) is 1.71. The van der Waals surface area contributed by atoms with E-state index in [2.05, 4.69) is 16.4 Å². The minimum atomic E-state index is 0.834. The summed E-state index contributed by atoms with van der Waals surface area (Å²) in [7, 11) is 0. The largest absolute Gasteiger partial charge is 0.464 e. The normalized spacial score (nSPS) is 11.1.